The summed E-state index contributed by atoms with van der Waals surface area (Å²) in [6.07, 6.45) is 1.71. The first-order chi connectivity index (χ1) is 7.99. The summed E-state index contributed by atoms with van der Waals surface area (Å²) < 4.78 is 5.28. The van der Waals surface area contributed by atoms with Crippen molar-refractivity contribution in [3.05, 3.63) is 0 Å². The van der Waals surface area contributed by atoms with Gasteiger partial charge in [-0.15, -0.1) is 0 Å². The van der Waals surface area contributed by atoms with E-state index in [0.29, 0.717) is 19.2 Å². The highest BCUT2D eigenvalue weighted by Gasteiger charge is 2.25. The maximum Gasteiger partial charge on any atom is 0.237 e. The quantitative estimate of drug-likeness (QED) is 0.563. The molecule has 0 spiro atoms. The summed E-state index contributed by atoms with van der Waals surface area (Å²) in [5.41, 5.74) is 0. The highest BCUT2D eigenvalue weighted by molar-refractivity contribution is 5.81. The molecule has 0 bridgehead atoms. The molecule has 0 radical (unpaired) electrons. The molecule has 5 nitrogen and oxygen atoms in total. The van der Waals surface area contributed by atoms with E-state index in [4.69, 9.17) is 4.74 Å². The minimum atomic E-state index is -0.575. The van der Waals surface area contributed by atoms with Gasteiger partial charge < -0.3 is 20.5 Å². The van der Waals surface area contributed by atoms with Crippen LogP contribution in [-0.2, 0) is 9.53 Å². The summed E-state index contributed by atoms with van der Waals surface area (Å²) in [6.45, 7) is 6.30. The number of aliphatic hydroxyl groups excluding tert-OH is 1. The van der Waals surface area contributed by atoms with Gasteiger partial charge in [0.25, 0.3) is 0 Å². The Morgan fingerprint density at radius 2 is 2.06 bits per heavy atom. The average molecular weight is 244 g/mol. The Balaban J connectivity index is 2.08. The molecular formula is C12H24N2O3. The molecule has 1 amide bonds. The van der Waals surface area contributed by atoms with Crippen LogP contribution in [0.1, 0.15) is 33.6 Å². The van der Waals surface area contributed by atoms with Gasteiger partial charge in [-0.25, -0.2) is 0 Å². The smallest absolute Gasteiger partial charge is 0.237 e. The molecule has 2 unspecified atom stereocenters. The third-order valence-electron chi connectivity index (χ3n) is 2.60. The molecule has 2 atom stereocenters. The van der Waals surface area contributed by atoms with Gasteiger partial charge in [0.2, 0.25) is 5.91 Å². The number of nitrogens with one attached hydrogen (secondary N) is 2. The normalized spacial score (nSPS) is 19.1. The molecule has 0 aromatic rings. The largest absolute Gasteiger partial charge is 0.389 e. The third-order valence-corrected chi connectivity index (χ3v) is 2.60. The molecule has 1 aliphatic carbocycles. The first-order valence-corrected chi connectivity index (χ1v) is 6.32. The van der Waals surface area contributed by atoms with Crippen LogP contribution in [0, 0.1) is 0 Å². The van der Waals surface area contributed by atoms with Crippen molar-refractivity contribution in [2.24, 2.45) is 0 Å². The first-order valence-electron chi connectivity index (χ1n) is 6.32. The molecule has 0 aliphatic heterocycles. The Labute approximate surface area is 103 Å². The van der Waals surface area contributed by atoms with Gasteiger partial charge in [-0.05, 0) is 33.6 Å². The topological polar surface area (TPSA) is 70.6 Å². The Morgan fingerprint density at radius 1 is 1.41 bits per heavy atom. The molecule has 1 fully saturated rings. The lowest BCUT2D eigenvalue weighted by atomic mass is 10.3. The molecule has 3 N–H and O–H groups in total. The standard InChI is InChI=1S/C12H24N2O3/c1-8(2)17-7-11(15)6-13-9(3)12(16)14-10-4-5-10/h8-11,13,15H,4-7H2,1-3H3,(H,14,16). The number of amides is 1. The SMILES string of the molecule is CC(C)OCC(O)CNC(C)C(=O)NC1CC1. The lowest BCUT2D eigenvalue weighted by Crippen LogP contribution is -2.46. The number of rotatable bonds is 8. The molecule has 0 heterocycles. The van der Waals surface area contributed by atoms with E-state index in [1.54, 1.807) is 6.92 Å². The lowest BCUT2D eigenvalue weighted by Gasteiger charge is -2.17. The molecule has 1 rings (SSSR count). The fourth-order valence-electron chi connectivity index (χ4n) is 1.32. The van der Waals surface area contributed by atoms with E-state index in [1.165, 1.54) is 0 Å². The van der Waals surface area contributed by atoms with E-state index in [-0.39, 0.29) is 18.1 Å². The summed E-state index contributed by atoms with van der Waals surface area (Å²) in [6, 6.07) is 0.102. The van der Waals surface area contributed by atoms with E-state index in [1.807, 2.05) is 13.8 Å². The summed E-state index contributed by atoms with van der Waals surface area (Å²) in [5.74, 6) is 0.00415. The van der Waals surface area contributed by atoms with Crippen LogP contribution >= 0.6 is 0 Å². The van der Waals surface area contributed by atoms with E-state index in [0.717, 1.165) is 12.8 Å². The van der Waals surface area contributed by atoms with E-state index >= 15 is 0 Å². The van der Waals surface area contributed by atoms with Crippen molar-refractivity contribution >= 4 is 5.91 Å². The molecule has 1 aliphatic rings. The Hall–Kier alpha value is -0.650. The van der Waals surface area contributed by atoms with Crippen LogP contribution < -0.4 is 10.6 Å². The molecule has 17 heavy (non-hydrogen) atoms. The molecular weight excluding hydrogens is 220 g/mol. The molecule has 0 aromatic carbocycles. The minimum absolute atomic E-state index is 0.00415. The predicted octanol–water partition coefficient (Wildman–Crippen LogP) is 0.0290. The van der Waals surface area contributed by atoms with Gasteiger partial charge in [-0.3, -0.25) is 4.79 Å². The fourth-order valence-corrected chi connectivity index (χ4v) is 1.32. The van der Waals surface area contributed by atoms with Crippen molar-refractivity contribution in [2.75, 3.05) is 13.2 Å². The van der Waals surface area contributed by atoms with Crippen LogP contribution in [0.25, 0.3) is 0 Å². The van der Waals surface area contributed by atoms with Gasteiger partial charge in [0.1, 0.15) is 0 Å². The summed E-state index contributed by atoms with van der Waals surface area (Å²) in [5, 5.41) is 15.5. The maximum absolute atomic E-state index is 11.6. The van der Waals surface area contributed by atoms with Gasteiger partial charge in [0.05, 0.1) is 24.9 Å². The van der Waals surface area contributed by atoms with Crippen molar-refractivity contribution in [1.29, 1.82) is 0 Å². The van der Waals surface area contributed by atoms with Crippen molar-refractivity contribution in [3.8, 4) is 0 Å². The molecule has 0 aromatic heterocycles. The zero-order valence-corrected chi connectivity index (χ0v) is 10.9. The zero-order chi connectivity index (χ0) is 12.8. The third kappa shape index (κ3) is 6.61. The molecule has 0 saturated heterocycles. The van der Waals surface area contributed by atoms with Crippen LogP contribution in [0.3, 0.4) is 0 Å². The van der Waals surface area contributed by atoms with Crippen molar-refractivity contribution < 1.29 is 14.6 Å². The number of aliphatic hydroxyl groups is 1. The van der Waals surface area contributed by atoms with Crippen LogP contribution in [-0.4, -0.2) is 48.5 Å². The van der Waals surface area contributed by atoms with Crippen LogP contribution in [0.2, 0.25) is 0 Å². The van der Waals surface area contributed by atoms with Gasteiger partial charge in [-0.1, -0.05) is 0 Å². The van der Waals surface area contributed by atoms with Crippen molar-refractivity contribution in [1.82, 2.24) is 10.6 Å². The Bertz CT molecular complexity index is 242. The van der Waals surface area contributed by atoms with E-state index in [9.17, 15) is 9.90 Å². The second-order valence-electron chi connectivity index (χ2n) is 4.95. The number of carbonyl (C=O) groups excluding carboxylic acids is 1. The highest BCUT2D eigenvalue weighted by atomic mass is 16.5. The minimum Gasteiger partial charge on any atom is -0.389 e. The van der Waals surface area contributed by atoms with Gasteiger partial charge in [0, 0.05) is 12.6 Å². The Morgan fingerprint density at radius 3 is 2.59 bits per heavy atom. The first kappa shape index (κ1) is 14.4. The van der Waals surface area contributed by atoms with E-state index in [2.05, 4.69) is 10.6 Å². The van der Waals surface area contributed by atoms with Crippen molar-refractivity contribution in [2.45, 2.75) is 57.9 Å². The van der Waals surface area contributed by atoms with Crippen LogP contribution in [0.5, 0.6) is 0 Å². The summed E-state index contributed by atoms with van der Waals surface area (Å²) in [7, 11) is 0. The Kier molecular flexibility index (Phi) is 5.88. The zero-order valence-electron chi connectivity index (χ0n) is 10.9. The molecule has 5 heteroatoms. The van der Waals surface area contributed by atoms with Crippen molar-refractivity contribution in [3.63, 3.8) is 0 Å². The average Bonchev–Trinajstić information content (AvgIpc) is 3.06. The number of hydrogen-bond donors (Lipinski definition) is 3. The van der Waals surface area contributed by atoms with Crippen LogP contribution in [0.4, 0.5) is 0 Å². The predicted molar refractivity (Wildman–Crippen MR) is 65.7 cm³/mol. The molecule has 100 valence electrons. The highest BCUT2D eigenvalue weighted by Crippen LogP contribution is 2.18. The van der Waals surface area contributed by atoms with Gasteiger partial charge in [-0.2, -0.15) is 0 Å². The fraction of sp³-hybridized carbons (Fsp3) is 0.917. The number of hydrogen-bond acceptors (Lipinski definition) is 4. The second-order valence-corrected chi connectivity index (χ2v) is 4.95. The molecule has 1 saturated carbocycles. The lowest BCUT2D eigenvalue weighted by molar-refractivity contribution is -0.123. The monoisotopic (exact) mass is 244 g/mol. The van der Waals surface area contributed by atoms with E-state index < -0.39 is 6.10 Å². The summed E-state index contributed by atoms with van der Waals surface area (Å²) >= 11 is 0. The summed E-state index contributed by atoms with van der Waals surface area (Å²) in [4.78, 5) is 11.6. The number of carbonyl (C=O) groups is 1. The van der Waals surface area contributed by atoms with Crippen LogP contribution in [0.15, 0.2) is 0 Å². The maximum atomic E-state index is 11.6. The van der Waals surface area contributed by atoms with Gasteiger partial charge >= 0.3 is 0 Å². The second kappa shape index (κ2) is 6.93. The van der Waals surface area contributed by atoms with Gasteiger partial charge in [0.15, 0.2) is 0 Å². The number of ether oxygens (including phenoxy) is 1.